The van der Waals surface area contributed by atoms with Gasteiger partial charge in [-0.05, 0) is 26.3 Å². The summed E-state index contributed by atoms with van der Waals surface area (Å²) in [5.74, 6) is 0.638. The topological polar surface area (TPSA) is 49.7 Å². The minimum atomic E-state index is -0.871. The van der Waals surface area contributed by atoms with E-state index in [1.54, 1.807) is 19.9 Å². The minimum Gasteiger partial charge on any atom is -0.490 e. The van der Waals surface area contributed by atoms with E-state index >= 15 is 0 Å². The van der Waals surface area contributed by atoms with Crippen LogP contribution in [0.25, 0.3) is 0 Å². The number of rotatable bonds is 5. The maximum atomic E-state index is 9.80. The van der Waals surface area contributed by atoms with Crippen LogP contribution in [0.15, 0.2) is 24.3 Å². The van der Waals surface area contributed by atoms with Crippen LogP contribution in [-0.4, -0.2) is 22.4 Å². The summed E-state index contributed by atoms with van der Waals surface area (Å²) in [6, 6.07) is 7.37. The maximum absolute atomic E-state index is 9.80. The van der Waals surface area contributed by atoms with Crippen molar-refractivity contribution in [1.82, 2.24) is 0 Å². The number of hydrogen-bond donors (Lipinski definition) is 2. The van der Waals surface area contributed by atoms with Crippen LogP contribution in [0.4, 0.5) is 0 Å². The monoisotopic (exact) mass is 224 g/mol. The second-order valence-corrected chi connectivity index (χ2v) is 4.56. The predicted octanol–water partition coefficient (Wildman–Crippen LogP) is 2.28. The Morgan fingerprint density at radius 1 is 1.31 bits per heavy atom. The highest BCUT2D eigenvalue weighted by atomic mass is 16.5. The van der Waals surface area contributed by atoms with Crippen molar-refractivity contribution in [1.29, 1.82) is 0 Å². The molecule has 0 heterocycles. The first kappa shape index (κ1) is 13.0. The lowest BCUT2D eigenvalue weighted by atomic mass is 10.1. The summed E-state index contributed by atoms with van der Waals surface area (Å²) < 4.78 is 5.51. The van der Waals surface area contributed by atoms with Gasteiger partial charge in [0.2, 0.25) is 0 Å². The molecule has 1 rings (SSSR count). The van der Waals surface area contributed by atoms with E-state index in [9.17, 15) is 10.2 Å². The SMILES string of the molecule is CCC(O)c1ccccc1OCC(C)(C)O. The van der Waals surface area contributed by atoms with E-state index in [0.29, 0.717) is 12.2 Å². The van der Waals surface area contributed by atoms with Gasteiger partial charge in [0.15, 0.2) is 0 Å². The van der Waals surface area contributed by atoms with E-state index < -0.39 is 11.7 Å². The second-order valence-electron chi connectivity index (χ2n) is 4.56. The lowest BCUT2D eigenvalue weighted by Gasteiger charge is -2.20. The summed E-state index contributed by atoms with van der Waals surface area (Å²) in [5.41, 5.74) is -0.0983. The average molecular weight is 224 g/mol. The molecule has 1 aromatic carbocycles. The zero-order chi connectivity index (χ0) is 12.2. The van der Waals surface area contributed by atoms with Gasteiger partial charge >= 0.3 is 0 Å². The maximum Gasteiger partial charge on any atom is 0.125 e. The number of aliphatic hydroxyl groups excluding tert-OH is 1. The van der Waals surface area contributed by atoms with Crippen molar-refractivity contribution >= 4 is 0 Å². The third-order valence-electron chi connectivity index (χ3n) is 2.25. The van der Waals surface area contributed by atoms with Crippen LogP contribution >= 0.6 is 0 Å². The molecule has 0 bridgehead atoms. The molecule has 1 atom stereocenters. The molecule has 0 aliphatic rings. The molecule has 3 heteroatoms. The van der Waals surface area contributed by atoms with Gasteiger partial charge in [-0.25, -0.2) is 0 Å². The molecular weight excluding hydrogens is 204 g/mol. The number of ether oxygens (including phenoxy) is 1. The Hall–Kier alpha value is -1.06. The Morgan fingerprint density at radius 3 is 2.50 bits per heavy atom. The average Bonchev–Trinajstić information content (AvgIpc) is 2.25. The van der Waals surface area contributed by atoms with Gasteiger partial charge in [0, 0.05) is 5.56 Å². The van der Waals surface area contributed by atoms with Crippen LogP contribution in [0.2, 0.25) is 0 Å². The third-order valence-corrected chi connectivity index (χ3v) is 2.25. The van der Waals surface area contributed by atoms with Crippen LogP contribution in [0.1, 0.15) is 38.9 Å². The highest BCUT2D eigenvalue weighted by Crippen LogP contribution is 2.27. The number of para-hydroxylation sites is 1. The van der Waals surface area contributed by atoms with Gasteiger partial charge in [-0.1, -0.05) is 25.1 Å². The Labute approximate surface area is 96.7 Å². The number of benzene rings is 1. The predicted molar refractivity (Wildman–Crippen MR) is 63.5 cm³/mol. The van der Waals surface area contributed by atoms with E-state index in [1.807, 2.05) is 25.1 Å². The minimum absolute atomic E-state index is 0.209. The van der Waals surface area contributed by atoms with Crippen molar-refractivity contribution in [2.45, 2.75) is 38.9 Å². The number of aliphatic hydroxyl groups is 2. The Kier molecular flexibility index (Phi) is 4.33. The first-order valence-electron chi connectivity index (χ1n) is 5.56. The van der Waals surface area contributed by atoms with Crippen LogP contribution in [0, 0.1) is 0 Å². The van der Waals surface area contributed by atoms with Gasteiger partial charge in [0.25, 0.3) is 0 Å². The van der Waals surface area contributed by atoms with E-state index in [-0.39, 0.29) is 6.61 Å². The van der Waals surface area contributed by atoms with Gasteiger partial charge in [0.05, 0.1) is 11.7 Å². The summed E-state index contributed by atoms with van der Waals surface area (Å²) in [4.78, 5) is 0. The van der Waals surface area contributed by atoms with Crippen molar-refractivity contribution in [3.63, 3.8) is 0 Å². The molecule has 0 aromatic heterocycles. The lowest BCUT2D eigenvalue weighted by molar-refractivity contribution is 0.0270. The van der Waals surface area contributed by atoms with E-state index in [1.165, 1.54) is 0 Å². The van der Waals surface area contributed by atoms with E-state index in [4.69, 9.17) is 4.74 Å². The highest BCUT2D eigenvalue weighted by molar-refractivity contribution is 5.35. The summed E-state index contributed by atoms with van der Waals surface area (Å²) >= 11 is 0. The molecule has 0 aliphatic carbocycles. The van der Waals surface area contributed by atoms with Crippen LogP contribution in [-0.2, 0) is 0 Å². The van der Waals surface area contributed by atoms with Crippen LogP contribution < -0.4 is 4.74 Å². The van der Waals surface area contributed by atoms with Crippen molar-refractivity contribution in [2.24, 2.45) is 0 Å². The smallest absolute Gasteiger partial charge is 0.125 e. The molecule has 16 heavy (non-hydrogen) atoms. The Morgan fingerprint density at radius 2 is 1.94 bits per heavy atom. The van der Waals surface area contributed by atoms with Crippen molar-refractivity contribution in [3.05, 3.63) is 29.8 Å². The Bertz CT molecular complexity index is 328. The van der Waals surface area contributed by atoms with E-state index in [2.05, 4.69) is 0 Å². The standard InChI is InChI=1S/C13H20O3/c1-4-11(14)10-7-5-6-8-12(10)16-9-13(2,3)15/h5-8,11,14-15H,4,9H2,1-3H3. The fourth-order valence-electron chi connectivity index (χ4n) is 1.36. The normalized spacial score (nSPS) is 13.6. The first-order valence-corrected chi connectivity index (χ1v) is 5.56. The summed E-state index contributed by atoms with van der Waals surface area (Å²) in [7, 11) is 0. The molecule has 2 N–H and O–H groups in total. The molecule has 0 spiro atoms. The van der Waals surface area contributed by atoms with Gasteiger partial charge in [-0.2, -0.15) is 0 Å². The molecule has 1 unspecified atom stereocenters. The molecular formula is C13H20O3. The van der Waals surface area contributed by atoms with Gasteiger partial charge in [-0.3, -0.25) is 0 Å². The number of hydrogen-bond acceptors (Lipinski definition) is 3. The third kappa shape index (κ3) is 3.83. The molecule has 0 radical (unpaired) electrons. The van der Waals surface area contributed by atoms with Gasteiger partial charge < -0.3 is 14.9 Å². The van der Waals surface area contributed by atoms with Crippen LogP contribution in [0.5, 0.6) is 5.75 Å². The lowest BCUT2D eigenvalue weighted by Crippen LogP contribution is -2.28. The Balaban J connectivity index is 2.79. The molecule has 3 nitrogen and oxygen atoms in total. The van der Waals surface area contributed by atoms with Crippen molar-refractivity contribution < 1.29 is 14.9 Å². The molecule has 0 amide bonds. The molecule has 0 saturated heterocycles. The van der Waals surface area contributed by atoms with Crippen molar-refractivity contribution in [2.75, 3.05) is 6.61 Å². The quantitative estimate of drug-likeness (QED) is 0.806. The highest BCUT2D eigenvalue weighted by Gasteiger charge is 2.16. The largest absolute Gasteiger partial charge is 0.490 e. The fraction of sp³-hybridized carbons (Fsp3) is 0.538. The molecule has 0 saturated carbocycles. The second kappa shape index (κ2) is 5.32. The summed E-state index contributed by atoms with van der Waals surface area (Å²) in [6.07, 6.45) is 0.126. The fourth-order valence-corrected chi connectivity index (χ4v) is 1.36. The van der Waals surface area contributed by atoms with Gasteiger partial charge in [0.1, 0.15) is 12.4 Å². The molecule has 1 aromatic rings. The summed E-state index contributed by atoms with van der Waals surface area (Å²) in [6.45, 7) is 5.50. The molecule has 0 aliphatic heterocycles. The molecule has 90 valence electrons. The van der Waals surface area contributed by atoms with Crippen LogP contribution in [0.3, 0.4) is 0 Å². The summed E-state index contributed by atoms with van der Waals surface area (Å²) in [5, 5.41) is 19.4. The molecule has 0 fully saturated rings. The van der Waals surface area contributed by atoms with E-state index in [0.717, 1.165) is 5.56 Å². The first-order chi connectivity index (χ1) is 7.44. The zero-order valence-corrected chi connectivity index (χ0v) is 10.1. The van der Waals surface area contributed by atoms with Gasteiger partial charge in [-0.15, -0.1) is 0 Å². The zero-order valence-electron chi connectivity index (χ0n) is 10.1. The van der Waals surface area contributed by atoms with Crippen molar-refractivity contribution in [3.8, 4) is 5.75 Å².